The summed E-state index contributed by atoms with van der Waals surface area (Å²) >= 11 is 10.4. The number of hydrogen-bond donors (Lipinski definition) is 3. The highest BCUT2D eigenvalue weighted by molar-refractivity contribution is 8.00. The van der Waals surface area contributed by atoms with Crippen LogP contribution in [0.4, 0.5) is 0 Å². The predicted octanol–water partition coefficient (Wildman–Crippen LogP) is 12.3. The Bertz CT molecular complexity index is 1050. The lowest BCUT2D eigenvalue weighted by Gasteiger charge is -2.45. The van der Waals surface area contributed by atoms with Crippen LogP contribution in [0.5, 0.6) is 0 Å². The molecular formula is C39H88Cl2N8O4P2Si3. The lowest BCUT2D eigenvalue weighted by atomic mass is 10.3. The zero-order valence-electron chi connectivity index (χ0n) is 40.6. The average molecular weight is 950 g/mol. The Morgan fingerprint density at radius 3 is 1.03 bits per heavy atom. The first-order valence-corrected chi connectivity index (χ1v) is 34.8. The molecule has 0 spiro atoms. The van der Waals surface area contributed by atoms with Gasteiger partial charge in [-0.05, 0) is 97.5 Å². The number of hydrogen-bond acceptors (Lipinski definition) is 8. The van der Waals surface area contributed by atoms with E-state index in [2.05, 4.69) is 185 Å². The molecule has 0 aliphatic rings. The molecular weight excluding hydrogens is 862 g/mol. The fraction of sp³-hybridized carbons (Fsp3) is 0.897. The zero-order chi connectivity index (χ0) is 47.3. The lowest BCUT2D eigenvalue weighted by molar-refractivity contribution is 0.191. The van der Waals surface area contributed by atoms with Crippen molar-refractivity contribution >= 4 is 62.6 Å². The van der Waals surface area contributed by atoms with Gasteiger partial charge in [0.2, 0.25) is 33.0 Å². The third kappa shape index (κ3) is 62.4. The summed E-state index contributed by atoms with van der Waals surface area (Å²) in [6.45, 7) is 74.2. The molecule has 0 aromatic heterocycles. The van der Waals surface area contributed by atoms with Crippen LogP contribution in [-0.4, -0.2) is 128 Å². The van der Waals surface area contributed by atoms with E-state index in [1.54, 1.807) is 0 Å². The van der Waals surface area contributed by atoms with Crippen molar-refractivity contribution in [3.05, 3.63) is 45.7 Å². The van der Waals surface area contributed by atoms with Crippen LogP contribution in [0.2, 0.25) is 58.9 Å². The lowest BCUT2D eigenvalue weighted by Crippen LogP contribution is -2.55. The van der Waals surface area contributed by atoms with E-state index in [0.29, 0.717) is 75.7 Å². The molecule has 0 heterocycles. The highest BCUT2D eigenvalue weighted by Gasteiger charge is 2.34. The van der Waals surface area contributed by atoms with Crippen molar-refractivity contribution in [3.8, 4) is 0 Å². The van der Waals surface area contributed by atoms with Crippen LogP contribution in [-0.2, 0) is 13.5 Å². The number of halogens is 2. The van der Waals surface area contributed by atoms with Crippen LogP contribution in [0.15, 0.2) is 0 Å². The smallest absolute Gasteiger partial charge is 0.238 e. The van der Waals surface area contributed by atoms with Gasteiger partial charge in [-0.15, -0.1) is 0 Å². The van der Waals surface area contributed by atoms with Gasteiger partial charge in [-0.3, -0.25) is 0 Å². The van der Waals surface area contributed by atoms with Gasteiger partial charge in [0.1, 0.15) is 42.9 Å². The molecule has 0 aromatic carbocycles. The van der Waals surface area contributed by atoms with Crippen LogP contribution in [0.3, 0.4) is 0 Å². The molecule has 0 rings (SSSR count). The number of rotatable bonds is 20. The summed E-state index contributed by atoms with van der Waals surface area (Å²) in [5, 5.41) is 11.2. The first kappa shape index (κ1) is 69.4. The largest absolute Gasteiger partial charge is 0.410 e. The van der Waals surface area contributed by atoms with Crippen molar-refractivity contribution in [1.82, 2.24) is 19.3 Å². The van der Waals surface area contributed by atoms with Crippen molar-refractivity contribution in [3.63, 3.8) is 0 Å². The fourth-order valence-corrected chi connectivity index (χ4v) is 17.5. The Morgan fingerprint density at radius 1 is 0.552 bits per heavy atom. The van der Waals surface area contributed by atoms with Gasteiger partial charge in [0, 0.05) is 36.3 Å². The summed E-state index contributed by atoms with van der Waals surface area (Å²) in [7, 11) is -4.13. The Balaban J connectivity index is -0.000000151. The van der Waals surface area contributed by atoms with Gasteiger partial charge in [-0.2, -0.15) is 0 Å². The van der Waals surface area contributed by atoms with Crippen molar-refractivity contribution in [2.24, 2.45) is 0 Å². The van der Waals surface area contributed by atoms with E-state index in [1.165, 1.54) is 0 Å². The second-order valence-electron chi connectivity index (χ2n) is 17.6. The van der Waals surface area contributed by atoms with E-state index in [-0.39, 0.29) is 13.2 Å². The first-order chi connectivity index (χ1) is 26.3. The molecule has 0 saturated heterocycles. The van der Waals surface area contributed by atoms with Crippen LogP contribution in [0, 0.1) is 26.3 Å². The maximum Gasteiger partial charge on any atom is 0.238 e. The van der Waals surface area contributed by atoms with Gasteiger partial charge < -0.3 is 47.9 Å². The summed E-state index contributed by atoms with van der Waals surface area (Å²) in [5.41, 5.74) is 0. The van der Waals surface area contributed by atoms with Crippen molar-refractivity contribution in [2.45, 2.75) is 178 Å². The Labute approximate surface area is 375 Å². The molecule has 12 nitrogen and oxygen atoms in total. The average Bonchev–Trinajstić information content (AvgIpc) is 2.99. The number of nitrogens with zero attached hydrogens (tertiary/aromatic N) is 6. The quantitative estimate of drug-likeness (QED) is 0.0481. The van der Waals surface area contributed by atoms with Crippen molar-refractivity contribution < 1.29 is 18.6 Å². The molecule has 0 atom stereocenters. The second-order valence-corrected chi connectivity index (χ2v) is 36.8. The van der Waals surface area contributed by atoms with E-state index in [1.807, 2.05) is 0 Å². The third-order valence-corrected chi connectivity index (χ3v) is 16.8. The Kier molecular flexibility index (Phi) is 50.3. The van der Waals surface area contributed by atoms with E-state index in [4.69, 9.17) is 62.8 Å². The molecule has 3 N–H and O–H groups in total. The molecule has 0 saturated carbocycles. The monoisotopic (exact) mass is 949 g/mol. The van der Waals surface area contributed by atoms with Gasteiger partial charge in [0.25, 0.3) is 0 Å². The standard InChI is InChI=1S/C15H32N3OP.C6H13NOSi.C6H19NSi2.C6H15N.C3H4Cl2NOP.C3H5NO/c1-12(2)17(13(3)4)20(19-11-10-16-9)18(14(5)6)15(7)8;1-7-5-6-8-9(2,3)4;1-8(2,3)7-9(4,5)6;1-5(2)7-6(3)4;1-6-2-3-7-8(4)5;1-4-2-3-5/h12-15H,10-11H2,1-8H3;5-6H2,2-4H3;7H,1-6H3;5-7H,1-4H3;2-3H2;5H,2-3H2. The normalized spacial score (nSPS) is 11.4. The summed E-state index contributed by atoms with van der Waals surface area (Å²) in [4.78, 5) is 12.5. The molecule has 0 radical (unpaired) electrons. The highest BCUT2D eigenvalue weighted by Crippen LogP contribution is 2.50. The zero-order valence-corrected chi connectivity index (χ0v) is 46.9. The van der Waals surface area contributed by atoms with E-state index < -0.39 is 40.1 Å². The molecule has 0 bridgehead atoms. The second kappa shape index (κ2) is 42.1. The van der Waals surface area contributed by atoms with Crippen molar-refractivity contribution in [2.75, 3.05) is 52.6 Å². The molecule has 0 aromatic rings. The SMILES string of the molecule is CC(C)NC(C)C.C[Si](C)(C)N[Si](C)(C)C.[C-]#[N+]CCO.[C-]#[N+]CCOP(Cl)Cl.[C-]#[N+]CCOP(N(C(C)C)C(C)C)N(C(C)C)C(C)C.[C-]#[N+]CCO[Si](C)(C)C. The fourth-order valence-electron chi connectivity index (χ4n) is 4.80. The first-order valence-electron chi connectivity index (χ1n) is 20.2. The van der Waals surface area contributed by atoms with Gasteiger partial charge in [0.15, 0.2) is 16.8 Å². The van der Waals surface area contributed by atoms with E-state index in [9.17, 15) is 0 Å². The Morgan fingerprint density at radius 2 is 0.862 bits per heavy atom. The van der Waals surface area contributed by atoms with Crippen molar-refractivity contribution in [1.29, 1.82) is 0 Å². The van der Waals surface area contributed by atoms with Gasteiger partial charge in [0.05, 0.1) is 0 Å². The van der Waals surface area contributed by atoms with E-state index >= 15 is 0 Å². The molecule has 0 amide bonds. The van der Waals surface area contributed by atoms with Gasteiger partial charge in [-0.1, -0.05) is 67.0 Å². The summed E-state index contributed by atoms with van der Waals surface area (Å²) in [6.07, 6.45) is 0. The number of aliphatic hydroxyl groups excluding tert-OH is 1. The maximum atomic E-state index is 7.85. The molecule has 0 unspecified atom stereocenters. The van der Waals surface area contributed by atoms with Crippen LogP contribution < -0.4 is 9.96 Å². The molecule has 344 valence electrons. The topological polar surface area (TPSA) is 95.9 Å². The molecule has 19 heteroatoms. The highest BCUT2D eigenvalue weighted by atomic mass is 35.9. The third-order valence-electron chi connectivity index (χ3n) is 5.68. The van der Waals surface area contributed by atoms with Crippen LogP contribution in [0.1, 0.15) is 83.1 Å². The Hall–Kier alpha value is -0.269. The van der Waals surface area contributed by atoms with Gasteiger partial charge in [-0.25, -0.2) is 35.6 Å². The van der Waals surface area contributed by atoms with Crippen LogP contribution >= 0.6 is 37.8 Å². The minimum atomic E-state index is -1.34. The van der Waals surface area contributed by atoms with Crippen LogP contribution in [0.25, 0.3) is 19.4 Å². The summed E-state index contributed by atoms with van der Waals surface area (Å²) in [6, 6.07) is 2.95. The minimum Gasteiger partial charge on any atom is -0.410 e. The summed E-state index contributed by atoms with van der Waals surface area (Å²) < 4.78 is 24.8. The predicted molar refractivity (Wildman–Crippen MR) is 267 cm³/mol. The maximum absolute atomic E-state index is 7.85. The molecule has 0 fully saturated rings. The number of nitrogens with one attached hydrogen (secondary N) is 2. The van der Waals surface area contributed by atoms with E-state index in [0.717, 1.165) is 0 Å². The van der Waals surface area contributed by atoms with Gasteiger partial charge >= 0.3 is 0 Å². The number of aliphatic hydroxyl groups is 1. The molecule has 0 aliphatic carbocycles. The molecule has 0 aliphatic heterocycles. The molecule has 58 heavy (non-hydrogen) atoms. The summed E-state index contributed by atoms with van der Waals surface area (Å²) in [5.74, 6) is 0. The minimum absolute atomic E-state index is 0.0104.